The first kappa shape index (κ1) is 33.9. The molecular formula is C32H44N4O8Si. The van der Waals surface area contributed by atoms with Crippen molar-refractivity contribution in [2.75, 3.05) is 39.9 Å². The molecule has 1 aliphatic heterocycles. The summed E-state index contributed by atoms with van der Waals surface area (Å²) in [5.41, 5.74) is 0.635. The van der Waals surface area contributed by atoms with E-state index < -0.39 is 31.3 Å². The standard InChI is InChI=1S/C32H44N4O8Si/c1-32(2,3)44-31(41)34-12-10-33(11-13-34)19-22-8-9-26-23(16-22)18-27(36(26)30(39)40)25-17-24(29(38)42-4)20-35(28(25)37)21-43-14-15-45(5,6)7/h8-9,16-18,20H,10-15,19,21H2,1-7H3,(H,39,40). The highest BCUT2D eigenvalue weighted by Gasteiger charge is 2.26. The van der Waals surface area contributed by atoms with Gasteiger partial charge in [0.1, 0.15) is 12.3 Å². The number of ether oxygens (including phenoxy) is 3. The van der Waals surface area contributed by atoms with Gasteiger partial charge in [-0.25, -0.2) is 19.0 Å². The van der Waals surface area contributed by atoms with Crippen molar-refractivity contribution in [3.8, 4) is 11.3 Å². The smallest absolute Gasteiger partial charge is 0.416 e. The number of carboxylic acid groups (broad SMARTS) is 1. The first-order chi connectivity index (χ1) is 21.1. The van der Waals surface area contributed by atoms with E-state index in [0.717, 1.165) is 16.2 Å². The molecule has 0 radical (unpaired) electrons. The van der Waals surface area contributed by atoms with Crippen LogP contribution >= 0.6 is 0 Å². The van der Waals surface area contributed by atoms with Gasteiger partial charge in [0.25, 0.3) is 5.56 Å². The minimum Gasteiger partial charge on any atom is -0.465 e. The summed E-state index contributed by atoms with van der Waals surface area (Å²) in [7, 11) is -0.115. The van der Waals surface area contributed by atoms with Crippen LogP contribution in [-0.2, 0) is 27.5 Å². The average molecular weight is 641 g/mol. The molecule has 1 amide bonds. The lowest BCUT2D eigenvalue weighted by Crippen LogP contribution is -2.49. The molecule has 1 aromatic carbocycles. The van der Waals surface area contributed by atoms with Crippen LogP contribution in [0.25, 0.3) is 22.2 Å². The number of hydrogen-bond acceptors (Lipinski definition) is 8. The lowest BCUT2D eigenvalue weighted by molar-refractivity contribution is 0.0139. The van der Waals surface area contributed by atoms with Crippen LogP contribution in [0.4, 0.5) is 9.59 Å². The normalized spacial score (nSPS) is 14.5. The van der Waals surface area contributed by atoms with Gasteiger partial charge in [-0.1, -0.05) is 25.7 Å². The summed E-state index contributed by atoms with van der Waals surface area (Å²) in [6.45, 7) is 15.6. The molecule has 3 heterocycles. The third kappa shape index (κ3) is 8.62. The summed E-state index contributed by atoms with van der Waals surface area (Å²) in [4.78, 5) is 55.1. The van der Waals surface area contributed by atoms with Crippen molar-refractivity contribution in [3.05, 3.63) is 58.0 Å². The molecule has 0 unspecified atom stereocenters. The Labute approximate surface area is 264 Å². The SMILES string of the molecule is COC(=O)c1cc(-c2cc3cc(CN4CCN(C(=O)OC(C)(C)C)CC4)ccc3n2C(=O)O)c(=O)n(COCC[Si](C)(C)C)c1. The van der Waals surface area contributed by atoms with E-state index in [-0.39, 0.29) is 29.6 Å². The Kier molecular flexibility index (Phi) is 10.2. The first-order valence-electron chi connectivity index (χ1n) is 15.1. The molecule has 0 saturated carbocycles. The van der Waals surface area contributed by atoms with Gasteiger partial charge in [-0.3, -0.25) is 14.3 Å². The second-order valence-corrected chi connectivity index (χ2v) is 19.2. The van der Waals surface area contributed by atoms with E-state index in [9.17, 15) is 24.3 Å². The van der Waals surface area contributed by atoms with Gasteiger partial charge in [-0.15, -0.1) is 0 Å². The second kappa shape index (κ2) is 13.6. The zero-order chi connectivity index (χ0) is 33.1. The van der Waals surface area contributed by atoms with Gasteiger partial charge in [0.2, 0.25) is 0 Å². The molecule has 3 aromatic rings. The molecular weight excluding hydrogens is 596 g/mol. The topological polar surface area (TPSA) is 133 Å². The molecule has 244 valence electrons. The van der Waals surface area contributed by atoms with Crippen molar-refractivity contribution in [2.45, 2.75) is 65.3 Å². The van der Waals surface area contributed by atoms with Gasteiger partial charge in [0, 0.05) is 59.0 Å². The summed E-state index contributed by atoms with van der Waals surface area (Å²) in [5, 5.41) is 10.8. The first-order valence-corrected chi connectivity index (χ1v) is 18.8. The van der Waals surface area contributed by atoms with Crippen LogP contribution in [0.15, 0.2) is 41.3 Å². The number of aromatic nitrogens is 2. The van der Waals surface area contributed by atoms with Crippen LogP contribution in [0.1, 0.15) is 36.7 Å². The van der Waals surface area contributed by atoms with Gasteiger partial charge < -0.3 is 24.2 Å². The molecule has 0 aliphatic carbocycles. The largest absolute Gasteiger partial charge is 0.465 e. The van der Waals surface area contributed by atoms with Crippen molar-refractivity contribution >= 4 is 37.1 Å². The number of esters is 1. The van der Waals surface area contributed by atoms with Crippen molar-refractivity contribution in [1.29, 1.82) is 0 Å². The summed E-state index contributed by atoms with van der Waals surface area (Å²) in [5.74, 6) is -0.654. The van der Waals surface area contributed by atoms with Crippen molar-refractivity contribution < 1.29 is 33.7 Å². The Morgan fingerprint density at radius 2 is 1.69 bits per heavy atom. The Balaban J connectivity index is 1.61. The van der Waals surface area contributed by atoms with Crippen LogP contribution in [-0.4, -0.2) is 95.8 Å². The fraction of sp³-hybridized carbons (Fsp3) is 0.500. The molecule has 12 nitrogen and oxygen atoms in total. The number of nitrogens with zero attached hydrogens (tertiary/aromatic N) is 4. The van der Waals surface area contributed by atoms with Gasteiger partial charge in [0.05, 0.1) is 29.4 Å². The van der Waals surface area contributed by atoms with E-state index >= 15 is 0 Å². The lowest BCUT2D eigenvalue weighted by Gasteiger charge is -2.35. The Morgan fingerprint density at radius 3 is 2.29 bits per heavy atom. The average Bonchev–Trinajstić information content (AvgIpc) is 3.33. The second-order valence-electron chi connectivity index (χ2n) is 13.5. The van der Waals surface area contributed by atoms with Crippen molar-refractivity contribution in [3.63, 3.8) is 0 Å². The number of piperazine rings is 1. The quantitative estimate of drug-likeness (QED) is 0.192. The summed E-state index contributed by atoms with van der Waals surface area (Å²) < 4.78 is 18.5. The van der Waals surface area contributed by atoms with Crippen molar-refractivity contribution in [1.82, 2.24) is 18.9 Å². The van der Waals surface area contributed by atoms with Gasteiger partial charge >= 0.3 is 18.2 Å². The van der Waals surface area contributed by atoms with E-state index in [2.05, 4.69) is 24.5 Å². The highest BCUT2D eigenvalue weighted by molar-refractivity contribution is 6.76. The zero-order valence-electron chi connectivity index (χ0n) is 27.2. The molecule has 1 saturated heterocycles. The Hall–Kier alpha value is -3.94. The van der Waals surface area contributed by atoms with Gasteiger partial charge in [0.15, 0.2) is 0 Å². The zero-order valence-corrected chi connectivity index (χ0v) is 28.2. The maximum absolute atomic E-state index is 13.6. The molecule has 1 aliphatic rings. The number of fused-ring (bicyclic) bond motifs is 1. The number of pyridine rings is 1. The summed E-state index contributed by atoms with van der Waals surface area (Å²) >= 11 is 0. The Morgan fingerprint density at radius 1 is 1.00 bits per heavy atom. The van der Waals surface area contributed by atoms with Crippen LogP contribution in [0.3, 0.4) is 0 Å². The molecule has 1 N–H and O–H groups in total. The Bertz CT molecular complexity index is 1620. The molecule has 0 bridgehead atoms. The maximum atomic E-state index is 13.6. The molecule has 0 atom stereocenters. The highest BCUT2D eigenvalue weighted by atomic mass is 28.3. The van der Waals surface area contributed by atoms with E-state index in [1.54, 1.807) is 17.0 Å². The number of methoxy groups -OCH3 is 1. The number of benzene rings is 1. The highest BCUT2D eigenvalue weighted by Crippen LogP contribution is 2.29. The molecule has 0 spiro atoms. The minimum absolute atomic E-state index is 0.0464. The van der Waals surface area contributed by atoms with Crippen molar-refractivity contribution in [2.24, 2.45) is 0 Å². The number of carbonyl (C=O) groups is 3. The number of amides is 1. The van der Waals surface area contributed by atoms with Crippen LogP contribution < -0.4 is 5.56 Å². The molecule has 13 heteroatoms. The number of carbonyl (C=O) groups excluding carboxylic acids is 2. The fourth-order valence-electron chi connectivity index (χ4n) is 5.13. The molecule has 4 rings (SSSR count). The third-order valence-corrected chi connectivity index (χ3v) is 9.20. The molecule has 2 aromatic heterocycles. The van der Waals surface area contributed by atoms with Gasteiger partial charge in [-0.2, -0.15) is 0 Å². The number of rotatable bonds is 9. The summed E-state index contributed by atoms with van der Waals surface area (Å²) in [6.07, 6.45) is -0.202. The predicted octanol–water partition coefficient (Wildman–Crippen LogP) is 5.15. The minimum atomic E-state index is -1.36. The van der Waals surface area contributed by atoms with E-state index in [1.165, 1.54) is 23.9 Å². The number of hydrogen-bond donors (Lipinski definition) is 1. The predicted molar refractivity (Wildman–Crippen MR) is 174 cm³/mol. The van der Waals surface area contributed by atoms with Crippen LogP contribution in [0.5, 0.6) is 0 Å². The molecule has 1 fully saturated rings. The third-order valence-electron chi connectivity index (χ3n) is 7.50. The monoisotopic (exact) mass is 640 g/mol. The van der Waals surface area contributed by atoms with E-state index in [0.29, 0.717) is 50.2 Å². The lowest BCUT2D eigenvalue weighted by atomic mass is 10.1. The van der Waals surface area contributed by atoms with E-state index in [4.69, 9.17) is 14.2 Å². The molecule has 45 heavy (non-hydrogen) atoms. The fourth-order valence-corrected chi connectivity index (χ4v) is 5.88. The van der Waals surface area contributed by atoms with Crippen LogP contribution in [0, 0.1) is 0 Å². The summed E-state index contributed by atoms with van der Waals surface area (Å²) in [6, 6.07) is 9.41. The van der Waals surface area contributed by atoms with Crippen LogP contribution in [0.2, 0.25) is 25.7 Å². The van der Waals surface area contributed by atoms with E-state index in [1.807, 2.05) is 32.9 Å². The van der Waals surface area contributed by atoms with Gasteiger partial charge in [-0.05, 0) is 56.6 Å². The maximum Gasteiger partial charge on any atom is 0.416 e.